The molecule has 4 rings (SSSR count). The Bertz CT molecular complexity index is 910. The van der Waals surface area contributed by atoms with Crippen molar-refractivity contribution in [3.05, 3.63) is 70.4 Å². The van der Waals surface area contributed by atoms with E-state index in [0.717, 1.165) is 17.7 Å². The first-order chi connectivity index (χ1) is 12.2. The van der Waals surface area contributed by atoms with E-state index < -0.39 is 0 Å². The summed E-state index contributed by atoms with van der Waals surface area (Å²) in [6.07, 6.45) is 1.45. The molecule has 0 saturated heterocycles. The summed E-state index contributed by atoms with van der Waals surface area (Å²) >= 11 is 0. The number of hydrogen-bond donors (Lipinski definition) is 2. The Hall–Kier alpha value is -2.99. The van der Waals surface area contributed by atoms with Gasteiger partial charge in [0, 0.05) is 6.42 Å². The highest BCUT2D eigenvalue weighted by atomic mass is 16.1. The molecule has 0 fully saturated rings. The van der Waals surface area contributed by atoms with E-state index >= 15 is 0 Å². The number of nitrogens with two attached hydrogens (primary N) is 1. The highest BCUT2D eigenvalue weighted by Gasteiger charge is 2.12. The molecule has 0 radical (unpaired) electrons. The summed E-state index contributed by atoms with van der Waals surface area (Å²) < 4.78 is 1.54. The van der Waals surface area contributed by atoms with Crippen molar-refractivity contribution in [2.24, 2.45) is 5.84 Å². The number of anilines is 1. The number of hydrazine groups is 1. The number of fused-ring (bicyclic) bond motifs is 1. The van der Waals surface area contributed by atoms with Gasteiger partial charge in [0.1, 0.15) is 5.82 Å². The van der Waals surface area contributed by atoms with Crippen LogP contribution in [0.3, 0.4) is 0 Å². The van der Waals surface area contributed by atoms with Crippen LogP contribution in [0.15, 0.2) is 53.3 Å². The van der Waals surface area contributed by atoms with Gasteiger partial charge in [0.15, 0.2) is 0 Å². The van der Waals surface area contributed by atoms with Crippen LogP contribution in [0.4, 0.5) is 5.95 Å². The van der Waals surface area contributed by atoms with Gasteiger partial charge in [-0.1, -0.05) is 56.3 Å². The summed E-state index contributed by atoms with van der Waals surface area (Å²) in [5.74, 6) is 6.04. The molecule has 2 aliphatic carbocycles. The smallest absolute Gasteiger partial charge is 0.292 e. The van der Waals surface area contributed by atoms with Gasteiger partial charge in [-0.05, 0) is 29.2 Å². The number of para-hydroxylation sites is 1. The van der Waals surface area contributed by atoms with Crippen LogP contribution < -0.4 is 17.0 Å². The number of rotatable bonds is 4. The Morgan fingerprint density at radius 1 is 0.960 bits per heavy atom. The number of nitrogens with zero attached hydrogens (tertiary/aromatic N) is 3. The molecular formula is C19H21N5O. The Balaban J connectivity index is 0.000000250. The monoisotopic (exact) mass is 335 g/mol. The minimum Gasteiger partial charge on any atom is -0.292 e. The van der Waals surface area contributed by atoms with Crippen LogP contribution in [0.1, 0.15) is 25.2 Å². The molecule has 0 amide bonds. The van der Waals surface area contributed by atoms with Crippen molar-refractivity contribution >= 4 is 5.95 Å². The third-order valence-electron chi connectivity index (χ3n) is 4.16. The van der Waals surface area contributed by atoms with Crippen LogP contribution in [0.25, 0.3) is 16.8 Å². The van der Waals surface area contributed by atoms with Crippen molar-refractivity contribution in [1.29, 1.82) is 0 Å². The van der Waals surface area contributed by atoms with Gasteiger partial charge in [-0.15, -0.1) is 0 Å². The van der Waals surface area contributed by atoms with Gasteiger partial charge in [0.25, 0.3) is 0 Å². The van der Waals surface area contributed by atoms with Crippen LogP contribution in [0.2, 0.25) is 0 Å². The van der Waals surface area contributed by atoms with E-state index in [-0.39, 0.29) is 11.6 Å². The topological polar surface area (TPSA) is 85.8 Å². The summed E-state index contributed by atoms with van der Waals surface area (Å²) in [5.41, 5.74) is 6.70. The Morgan fingerprint density at radius 2 is 1.60 bits per heavy atom. The maximum Gasteiger partial charge on any atom is 0.356 e. The summed E-state index contributed by atoms with van der Waals surface area (Å²) in [4.78, 5) is 20.2. The lowest BCUT2D eigenvalue weighted by Crippen LogP contribution is -2.29. The average Bonchev–Trinajstić information content (AvgIpc) is 2.64. The molecule has 0 bridgehead atoms. The second-order valence-electron chi connectivity index (χ2n) is 5.64. The Kier molecular flexibility index (Phi) is 4.90. The lowest BCUT2D eigenvalue weighted by atomic mass is 9.95. The van der Waals surface area contributed by atoms with Crippen LogP contribution in [-0.2, 0) is 12.8 Å². The van der Waals surface area contributed by atoms with Crippen LogP contribution in [-0.4, -0.2) is 14.5 Å². The Morgan fingerprint density at radius 3 is 2.08 bits per heavy atom. The van der Waals surface area contributed by atoms with Crippen molar-refractivity contribution in [1.82, 2.24) is 14.5 Å². The highest BCUT2D eigenvalue weighted by Crippen LogP contribution is 2.29. The molecule has 1 heterocycles. The molecule has 128 valence electrons. The predicted octanol–water partition coefficient (Wildman–Crippen LogP) is 2.70. The normalized spacial score (nSPS) is 10.7. The minimum atomic E-state index is -0.374. The third kappa shape index (κ3) is 3.29. The molecule has 1 aromatic carbocycles. The van der Waals surface area contributed by atoms with E-state index in [2.05, 4.69) is 39.7 Å². The van der Waals surface area contributed by atoms with Crippen LogP contribution >= 0.6 is 0 Å². The van der Waals surface area contributed by atoms with E-state index in [1.807, 2.05) is 38.1 Å². The predicted molar refractivity (Wildman–Crippen MR) is 99.6 cm³/mol. The molecule has 0 saturated carbocycles. The zero-order chi connectivity index (χ0) is 17.8. The molecule has 1 aromatic heterocycles. The maximum atomic E-state index is 12.2. The van der Waals surface area contributed by atoms with Gasteiger partial charge in [-0.25, -0.2) is 15.2 Å². The van der Waals surface area contributed by atoms with Gasteiger partial charge in [-0.3, -0.25) is 5.43 Å². The lowest BCUT2D eigenvalue weighted by Gasteiger charge is -2.14. The largest absolute Gasteiger partial charge is 0.356 e. The average molecular weight is 335 g/mol. The molecule has 6 heteroatoms. The SMILES string of the molecule is CCc1ccccc1-n1c(CC)nc(NN)nc1=O.c1cc2ccc1-2. The zero-order valence-electron chi connectivity index (χ0n) is 14.4. The standard InChI is InChI=1S/C13H17N5O.C6H4/c1-3-9-7-5-6-8-10(9)18-11(4-2)15-12(17-14)16-13(18)19;1-2-6-4-3-5(1)6/h5-8H,3-4,14H2,1-2H3,(H,16,17,19);1-4H. The number of aryl methyl sites for hydroxylation is 2. The van der Waals surface area contributed by atoms with Crippen molar-refractivity contribution in [3.63, 3.8) is 0 Å². The maximum absolute atomic E-state index is 12.2. The van der Waals surface area contributed by atoms with Gasteiger partial charge < -0.3 is 0 Å². The number of nitrogen functional groups attached to an aromatic ring is 1. The van der Waals surface area contributed by atoms with E-state index in [1.165, 1.54) is 11.1 Å². The van der Waals surface area contributed by atoms with E-state index in [0.29, 0.717) is 12.2 Å². The fraction of sp³-hybridized carbons (Fsp3) is 0.211. The molecule has 0 aliphatic heterocycles. The van der Waals surface area contributed by atoms with Crippen molar-refractivity contribution < 1.29 is 0 Å². The molecule has 2 aromatic rings. The van der Waals surface area contributed by atoms with Gasteiger partial charge in [0.05, 0.1) is 5.69 Å². The second-order valence-corrected chi connectivity index (χ2v) is 5.64. The van der Waals surface area contributed by atoms with Gasteiger partial charge in [0.2, 0.25) is 5.95 Å². The molecular weight excluding hydrogens is 314 g/mol. The van der Waals surface area contributed by atoms with E-state index in [4.69, 9.17) is 5.84 Å². The second kappa shape index (κ2) is 7.27. The fourth-order valence-electron chi connectivity index (χ4n) is 2.68. The summed E-state index contributed by atoms with van der Waals surface area (Å²) in [6, 6.07) is 16.2. The first-order valence-electron chi connectivity index (χ1n) is 8.33. The number of aromatic nitrogens is 3. The zero-order valence-corrected chi connectivity index (χ0v) is 14.4. The molecule has 2 aliphatic rings. The molecule has 0 spiro atoms. The molecule has 0 unspecified atom stereocenters. The minimum absolute atomic E-state index is 0.145. The number of benzene rings is 2. The summed E-state index contributed by atoms with van der Waals surface area (Å²) in [7, 11) is 0. The Labute approximate surface area is 146 Å². The third-order valence-corrected chi connectivity index (χ3v) is 4.16. The van der Waals surface area contributed by atoms with Crippen molar-refractivity contribution in [2.75, 3.05) is 5.43 Å². The first kappa shape index (κ1) is 16.9. The lowest BCUT2D eigenvalue weighted by molar-refractivity contribution is 0.763. The summed E-state index contributed by atoms with van der Waals surface area (Å²) in [6.45, 7) is 3.99. The van der Waals surface area contributed by atoms with E-state index in [9.17, 15) is 4.79 Å². The first-order valence-corrected chi connectivity index (χ1v) is 8.33. The summed E-state index contributed by atoms with van der Waals surface area (Å²) in [5, 5.41) is 0. The van der Waals surface area contributed by atoms with E-state index in [1.54, 1.807) is 4.57 Å². The van der Waals surface area contributed by atoms with Crippen molar-refractivity contribution in [3.8, 4) is 16.8 Å². The number of hydrogen-bond acceptors (Lipinski definition) is 5. The molecule has 0 atom stereocenters. The van der Waals surface area contributed by atoms with Crippen molar-refractivity contribution in [2.45, 2.75) is 26.7 Å². The number of nitrogens with one attached hydrogen (secondary N) is 1. The molecule has 6 nitrogen and oxygen atoms in total. The van der Waals surface area contributed by atoms with Gasteiger partial charge in [-0.2, -0.15) is 9.97 Å². The van der Waals surface area contributed by atoms with Crippen LogP contribution in [0, 0.1) is 0 Å². The highest BCUT2D eigenvalue weighted by molar-refractivity contribution is 5.75. The fourth-order valence-corrected chi connectivity index (χ4v) is 2.68. The quantitative estimate of drug-likeness (QED) is 0.442. The molecule has 3 N–H and O–H groups in total. The van der Waals surface area contributed by atoms with Crippen LogP contribution in [0.5, 0.6) is 0 Å². The molecule has 25 heavy (non-hydrogen) atoms. The van der Waals surface area contributed by atoms with Gasteiger partial charge >= 0.3 is 5.69 Å².